The van der Waals surface area contributed by atoms with Gasteiger partial charge in [-0.05, 0) is 73.4 Å². The summed E-state index contributed by atoms with van der Waals surface area (Å²) in [5.41, 5.74) is 12.2. The number of benzene rings is 2. The number of amides is 1. The van der Waals surface area contributed by atoms with Crippen LogP contribution < -0.4 is 16.0 Å². The summed E-state index contributed by atoms with van der Waals surface area (Å²) < 4.78 is 22.1. The van der Waals surface area contributed by atoms with Crippen LogP contribution in [0.3, 0.4) is 0 Å². The number of imidazole rings is 1. The Balaban J connectivity index is 1.32. The lowest BCUT2D eigenvalue weighted by molar-refractivity contribution is 0.144. The molecule has 11 nitrogen and oxygen atoms in total. The van der Waals surface area contributed by atoms with Crippen molar-refractivity contribution in [3.05, 3.63) is 84.6 Å². The fourth-order valence-corrected chi connectivity index (χ4v) is 7.38. The van der Waals surface area contributed by atoms with Crippen molar-refractivity contribution >= 4 is 39.4 Å². The summed E-state index contributed by atoms with van der Waals surface area (Å²) in [6.07, 6.45) is 3.10. The van der Waals surface area contributed by atoms with Crippen molar-refractivity contribution in [2.24, 2.45) is 0 Å². The van der Waals surface area contributed by atoms with Crippen LogP contribution in [0, 0.1) is 0 Å². The predicted molar refractivity (Wildman–Crippen MR) is 173 cm³/mol. The van der Waals surface area contributed by atoms with Gasteiger partial charge in [-0.3, -0.25) is 13.7 Å². The van der Waals surface area contributed by atoms with Gasteiger partial charge in [-0.25, -0.2) is 19.7 Å². The van der Waals surface area contributed by atoms with Crippen LogP contribution in [0.5, 0.6) is 0 Å². The molecule has 6 N–H and O–H groups in total. The molecule has 4 heterocycles. The number of hydrogen-bond acceptors (Lipinski definition) is 8. The van der Waals surface area contributed by atoms with E-state index in [0.717, 1.165) is 47.5 Å². The number of nitrogens with one attached hydrogen (secondary N) is 1. The van der Waals surface area contributed by atoms with Gasteiger partial charge in [-0.1, -0.05) is 24.3 Å². The first-order valence-corrected chi connectivity index (χ1v) is 16.4. The number of aromatic nitrogens is 4. The predicted octanol–water partition coefficient (Wildman–Crippen LogP) is 5.95. The number of pyridine rings is 2. The molecule has 2 aromatic carbocycles. The number of carboxylic acid groups (broad SMARTS) is 1. The molecule has 2 aliphatic rings. The molecule has 1 aliphatic carbocycles. The van der Waals surface area contributed by atoms with E-state index in [9.17, 15) is 19.0 Å². The summed E-state index contributed by atoms with van der Waals surface area (Å²) in [5, 5.41) is 12.2. The SMILES string of the molecule is Nc1ncccc1-c1nc2ccc(-c3cccc(N4CCS(O)(O)CC4)c3)nc2n1-c1ccc(C2(NC(=O)O)CCC2)cc1. The van der Waals surface area contributed by atoms with Gasteiger partial charge < -0.3 is 21.1 Å². The van der Waals surface area contributed by atoms with Gasteiger partial charge in [-0.15, -0.1) is 0 Å². The minimum absolute atomic E-state index is 0.353. The zero-order chi connectivity index (χ0) is 30.5. The Morgan fingerprint density at radius 2 is 1.70 bits per heavy atom. The van der Waals surface area contributed by atoms with Gasteiger partial charge in [-0.2, -0.15) is 10.6 Å². The molecule has 5 aromatic rings. The molecule has 1 aliphatic heterocycles. The molecule has 1 amide bonds. The highest BCUT2D eigenvalue weighted by Crippen LogP contribution is 2.43. The van der Waals surface area contributed by atoms with E-state index in [1.165, 1.54) is 0 Å². The van der Waals surface area contributed by atoms with Gasteiger partial charge in [0.2, 0.25) is 0 Å². The van der Waals surface area contributed by atoms with Crippen LogP contribution in [-0.2, 0) is 5.54 Å². The van der Waals surface area contributed by atoms with Gasteiger partial charge in [0.05, 0.1) is 28.3 Å². The van der Waals surface area contributed by atoms with Crippen molar-refractivity contribution < 1.29 is 19.0 Å². The number of hydrogen-bond donors (Lipinski definition) is 5. The molecule has 2 fully saturated rings. The van der Waals surface area contributed by atoms with Gasteiger partial charge in [0.25, 0.3) is 0 Å². The highest BCUT2D eigenvalue weighted by molar-refractivity contribution is 8.24. The maximum Gasteiger partial charge on any atom is 0.405 e. The van der Waals surface area contributed by atoms with Crippen molar-refractivity contribution in [2.45, 2.75) is 24.8 Å². The number of nitrogen functional groups attached to an aromatic ring is 1. The van der Waals surface area contributed by atoms with Gasteiger partial charge in [0.15, 0.2) is 11.5 Å². The number of nitrogens with two attached hydrogens (primary N) is 1. The van der Waals surface area contributed by atoms with Crippen LogP contribution in [0.25, 0.3) is 39.5 Å². The molecule has 1 saturated carbocycles. The molecule has 7 rings (SSSR count). The quantitative estimate of drug-likeness (QED) is 0.156. The Morgan fingerprint density at radius 1 is 0.932 bits per heavy atom. The second-order valence-corrected chi connectivity index (χ2v) is 13.8. The third-order valence-electron chi connectivity index (χ3n) is 8.70. The molecular weight excluding hydrogens is 578 g/mol. The first-order valence-electron chi connectivity index (χ1n) is 14.5. The smallest absolute Gasteiger partial charge is 0.405 e. The maximum atomic E-state index is 11.5. The van der Waals surface area contributed by atoms with Gasteiger partial charge in [0.1, 0.15) is 11.3 Å². The monoisotopic (exact) mass is 611 g/mol. The van der Waals surface area contributed by atoms with Crippen LogP contribution in [0.2, 0.25) is 0 Å². The van der Waals surface area contributed by atoms with Crippen molar-refractivity contribution in [3.8, 4) is 28.3 Å². The van der Waals surface area contributed by atoms with E-state index in [0.29, 0.717) is 53.0 Å². The van der Waals surface area contributed by atoms with Crippen molar-refractivity contribution in [2.75, 3.05) is 35.2 Å². The molecular formula is C32H33N7O4S. The molecule has 44 heavy (non-hydrogen) atoms. The van der Waals surface area contributed by atoms with Gasteiger partial charge in [0, 0.05) is 36.2 Å². The Kier molecular flexibility index (Phi) is 6.91. The molecule has 0 atom stereocenters. The highest BCUT2D eigenvalue weighted by atomic mass is 32.3. The van der Waals surface area contributed by atoms with Crippen LogP contribution in [0.1, 0.15) is 24.8 Å². The largest absolute Gasteiger partial charge is 0.465 e. The molecule has 0 spiro atoms. The number of nitrogens with zero attached hydrogens (tertiary/aromatic N) is 5. The lowest BCUT2D eigenvalue weighted by Crippen LogP contribution is -2.50. The maximum absolute atomic E-state index is 11.5. The summed E-state index contributed by atoms with van der Waals surface area (Å²) in [6.45, 7) is 1.17. The van der Waals surface area contributed by atoms with Crippen LogP contribution in [0.15, 0.2) is 79.0 Å². The highest BCUT2D eigenvalue weighted by Gasteiger charge is 2.40. The van der Waals surface area contributed by atoms with Crippen LogP contribution >= 0.6 is 10.6 Å². The van der Waals surface area contributed by atoms with E-state index in [-0.39, 0.29) is 0 Å². The van der Waals surface area contributed by atoms with E-state index in [4.69, 9.17) is 15.7 Å². The number of anilines is 2. The van der Waals surface area contributed by atoms with Gasteiger partial charge >= 0.3 is 6.09 Å². The normalized spacial score (nSPS) is 18.0. The topological polar surface area (TPSA) is 163 Å². The summed E-state index contributed by atoms with van der Waals surface area (Å²) in [5.74, 6) is 1.69. The summed E-state index contributed by atoms with van der Waals surface area (Å²) in [6, 6.07) is 23.6. The Bertz CT molecular complexity index is 1860. The van der Waals surface area contributed by atoms with E-state index >= 15 is 0 Å². The third kappa shape index (κ3) is 5.10. The number of rotatable bonds is 6. The fourth-order valence-electron chi connectivity index (χ4n) is 6.15. The number of fused-ring (bicyclic) bond motifs is 1. The second kappa shape index (κ2) is 10.8. The van der Waals surface area contributed by atoms with Crippen LogP contribution in [-0.4, -0.2) is 64.4 Å². The standard InChI is InChI=1S/C32H33N7O4S/c33-28-25(6-2-15-34-28)29-36-27-12-11-26(21-4-1-5-24(20-21)38-16-18-44(42,43)19-17-38)35-30(27)39(29)23-9-7-22(8-10-23)32(13-3-14-32)37-31(40)41/h1-2,4-12,15,20,37,42-43H,3,13-14,16-19H2,(H2,33,34)(H,40,41). The number of carbonyl (C=O) groups is 1. The van der Waals surface area contributed by atoms with E-state index in [1.807, 2.05) is 71.3 Å². The Labute approximate surface area is 255 Å². The van der Waals surface area contributed by atoms with Crippen molar-refractivity contribution in [3.63, 3.8) is 0 Å². The second-order valence-electron chi connectivity index (χ2n) is 11.4. The van der Waals surface area contributed by atoms with Crippen molar-refractivity contribution in [1.29, 1.82) is 0 Å². The average Bonchev–Trinajstić information content (AvgIpc) is 3.38. The molecule has 3 aromatic heterocycles. The van der Waals surface area contributed by atoms with Crippen molar-refractivity contribution in [1.82, 2.24) is 24.8 Å². The average molecular weight is 612 g/mol. The third-order valence-corrected chi connectivity index (χ3v) is 10.4. The molecule has 0 radical (unpaired) electrons. The minimum atomic E-state index is -2.49. The lowest BCUT2D eigenvalue weighted by Gasteiger charge is -2.42. The minimum Gasteiger partial charge on any atom is -0.465 e. The summed E-state index contributed by atoms with van der Waals surface area (Å²) >= 11 is 0. The Hall–Kier alpha value is -4.65. The lowest BCUT2D eigenvalue weighted by atomic mass is 9.72. The van der Waals surface area contributed by atoms with E-state index in [1.54, 1.807) is 6.20 Å². The molecule has 0 unspecified atom stereocenters. The van der Waals surface area contributed by atoms with Crippen LogP contribution in [0.4, 0.5) is 16.3 Å². The zero-order valence-electron chi connectivity index (χ0n) is 23.9. The summed E-state index contributed by atoms with van der Waals surface area (Å²) in [4.78, 5) is 28.0. The molecule has 0 bridgehead atoms. The Morgan fingerprint density at radius 3 is 2.39 bits per heavy atom. The first-order chi connectivity index (χ1) is 21.2. The molecule has 226 valence electrons. The first kappa shape index (κ1) is 28.1. The summed E-state index contributed by atoms with van der Waals surface area (Å²) in [7, 11) is -2.49. The molecule has 1 saturated heterocycles. The fraction of sp³-hybridized carbons (Fsp3) is 0.250. The van der Waals surface area contributed by atoms with E-state index in [2.05, 4.69) is 21.3 Å². The zero-order valence-corrected chi connectivity index (χ0v) is 24.7. The molecule has 12 heteroatoms. The van der Waals surface area contributed by atoms with E-state index < -0.39 is 22.2 Å².